The summed E-state index contributed by atoms with van der Waals surface area (Å²) in [6.07, 6.45) is -6.67. The standard InChI is InChI=1S/C51H61NO14Si/c1-10-67(11-2,12-3)66-36-26-37-50(28-60-37,65-31(6)54)42-44(64-46(56)33-22-17-14-18-23-33)51(58)27-35(29(4)38(48(51,7)8)40(61-30(5)53)43(55)49(36,42)9)62-47(57)41-39(34-24-19-25-59-34)52-45(63-41)32-20-15-13-16-21-32/h13-25,35-37,39-42,44,58H,10-12,26-28H2,1-9H3/t35-,36-,37+,39-,40+,41?,42-,44-,49+,50-,51+/m0/s1. The van der Waals surface area contributed by atoms with Crippen LogP contribution >= 0.6 is 0 Å². The SMILES string of the molecule is CC[Si](CC)(CC)O[C@H]1C[C@H]2OC[C@@]2(OC(C)=O)[C@H]2[C@H](OC(=O)c3ccccc3)[C@]3(O)C[C@H](OC(=O)C4OC(c5ccccc5)=N[C@H]4c4ccco4)C(C)=C([C@@H](OC(C)=O)C(=O)[C@]12C)C3(C)C. The minimum Gasteiger partial charge on any atom is -0.467 e. The monoisotopic (exact) mass is 939 g/mol. The molecule has 0 spiro atoms. The first kappa shape index (κ1) is 48.0. The second-order valence-electron chi connectivity index (χ2n) is 19.3. The summed E-state index contributed by atoms with van der Waals surface area (Å²) in [6.45, 7) is 15.1. The Hall–Kier alpha value is -5.42. The summed E-state index contributed by atoms with van der Waals surface area (Å²) in [6, 6.07) is 21.8. The van der Waals surface area contributed by atoms with Gasteiger partial charge in [-0.3, -0.25) is 14.4 Å². The second kappa shape index (κ2) is 17.9. The van der Waals surface area contributed by atoms with E-state index in [1.165, 1.54) is 20.1 Å². The lowest BCUT2D eigenvalue weighted by Crippen LogP contribution is -2.82. The normalized spacial score (nSPS) is 33.0. The molecule has 1 aromatic heterocycles. The number of hydrogen-bond acceptors (Lipinski definition) is 15. The summed E-state index contributed by atoms with van der Waals surface area (Å²) in [5.74, 6) is -4.64. The molecular weight excluding hydrogens is 879 g/mol. The van der Waals surface area contributed by atoms with Crippen LogP contribution in [0.3, 0.4) is 0 Å². The smallest absolute Gasteiger partial charge is 0.350 e. The average Bonchev–Trinajstić information content (AvgIpc) is 4.01. The van der Waals surface area contributed by atoms with Crippen molar-refractivity contribution in [2.24, 2.45) is 21.7 Å². The first-order chi connectivity index (χ1) is 31.8. The highest BCUT2D eigenvalue weighted by Crippen LogP contribution is 2.65. The molecule has 2 aliphatic heterocycles. The fraction of sp³-hybridized carbons (Fsp3) is 0.529. The van der Waals surface area contributed by atoms with Crippen LogP contribution < -0.4 is 0 Å². The number of carbonyl (C=O) groups excluding carboxylic acids is 5. The highest BCUT2D eigenvalue weighted by Gasteiger charge is 2.79. The summed E-state index contributed by atoms with van der Waals surface area (Å²) in [5.41, 5.74) is -6.02. The van der Waals surface area contributed by atoms with E-state index in [1.54, 1.807) is 82.3 Å². The lowest BCUT2D eigenvalue weighted by Gasteiger charge is -2.68. The van der Waals surface area contributed by atoms with Crippen molar-refractivity contribution in [1.82, 2.24) is 0 Å². The maximum atomic E-state index is 16.3. The number of carbonyl (C=O) groups is 5. The van der Waals surface area contributed by atoms with E-state index in [4.69, 9.17) is 42.3 Å². The summed E-state index contributed by atoms with van der Waals surface area (Å²) >= 11 is 0. The molecule has 1 unspecified atom stereocenters. The largest absolute Gasteiger partial charge is 0.467 e. The number of ketones is 1. The zero-order chi connectivity index (χ0) is 48.3. The van der Waals surface area contributed by atoms with Crippen molar-refractivity contribution >= 4 is 43.9 Å². The zero-order valence-electron chi connectivity index (χ0n) is 39.6. The molecule has 16 heteroatoms. The van der Waals surface area contributed by atoms with E-state index in [9.17, 15) is 24.3 Å². The van der Waals surface area contributed by atoms with Gasteiger partial charge < -0.3 is 42.4 Å². The Kier molecular flexibility index (Phi) is 12.8. The molecule has 15 nitrogen and oxygen atoms in total. The van der Waals surface area contributed by atoms with Crippen molar-refractivity contribution in [3.05, 3.63) is 107 Å². The van der Waals surface area contributed by atoms with Crippen LogP contribution in [0.15, 0.2) is 99.6 Å². The number of rotatable bonds is 13. The zero-order valence-corrected chi connectivity index (χ0v) is 40.6. The molecule has 2 aromatic carbocycles. The molecule has 2 bridgehead atoms. The van der Waals surface area contributed by atoms with Crippen LogP contribution in [0.5, 0.6) is 0 Å². The molecule has 358 valence electrons. The van der Waals surface area contributed by atoms with Gasteiger partial charge in [0.05, 0.1) is 35.9 Å². The molecule has 3 aromatic rings. The topological polar surface area (TPSA) is 196 Å². The quantitative estimate of drug-likeness (QED) is 0.0770. The molecule has 3 heterocycles. The van der Waals surface area contributed by atoms with Gasteiger partial charge >= 0.3 is 23.9 Å². The number of fused-ring (bicyclic) bond motifs is 5. The third kappa shape index (κ3) is 7.86. The Bertz CT molecular complexity index is 2440. The lowest BCUT2D eigenvalue weighted by molar-refractivity contribution is -0.344. The summed E-state index contributed by atoms with van der Waals surface area (Å²) < 4.78 is 51.3. The van der Waals surface area contributed by atoms with Gasteiger partial charge in [0.15, 0.2) is 31.8 Å². The Balaban J connectivity index is 1.33. The number of esters is 4. The van der Waals surface area contributed by atoms with Gasteiger partial charge in [-0.15, -0.1) is 0 Å². The van der Waals surface area contributed by atoms with Crippen molar-refractivity contribution in [1.29, 1.82) is 0 Å². The fourth-order valence-corrected chi connectivity index (χ4v) is 14.6. The first-order valence-electron chi connectivity index (χ1n) is 23.2. The molecule has 11 atom stereocenters. The molecule has 3 fully saturated rings. The second-order valence-corrected chi connectivity index (χ2v) is 24.0. The van der Waals surface area contributed by atoms with Crippen molar-refractivity contribution in [2.45, 2.75) is 147 Å². The molecule has 0 amide bonds. The number of aliphatic imine (C=N–C) groups is 1. The van der Waals surface area contributed by atoms with Crippen LogP contribution in [0.4, 0.5) is 0 Å². The molecule has 5 aliphatic rings. The van der Waals surface area contributed by atoms with Crippen molar-refractivity contribution in [2.75, 3.05) is 6.61 Å². The molecular formula is C51H61NO14Si. The number of Topliss-reactive ketones (excluding diaryl/α,β-unsaturated/α-hetero) is 1. The highest BCUT2D eigenvalue weighted by atomic mass is 28.4. The first-order valence-corrected chi connectivity index (χ1v) is 25.8. The highest BCUT2D eigenvalue weighted by molar-refractivity contribution is 6.73. The van der Waals surface area contributed by atoms with Crippen molar-refractivity contribution in [3.63, 3.8) is 0 Å². The Labute approximate surface area is 391 Å². The predicted octanol–water partition coefficient (Wildman–Crippen LogP) is 7.41. The van der Waals surface area contributed by atoms with Crippen LogP contribution in [-0.4, -0.2) is 103 Å². The van der Waals surface area contributed by atoms with Gasteiger partial charge in [0.1, 0.15) is 29.7 Å². The van der Waals surface area contributed by atoms with E-state index in [1.807, 2.05) is 18.2 Å². The van der Waals surface area contributed by atoms with Crippen LogP contribution in [0.1, 0.15) is 103 Å². The molecule has 0 radical (unpaired) electrons. The van der Waals surface area contributed by atoms with Gasteiger partial charge in [-0.2, -0.15) is 0 Å². The Morgan fingerprint density at radius 2 is 1.52 bits per heavy atom. The minimum atomic E-state index is -2.61. The van der Waals surface area contributed by atoms with E-state index >= 15 is 4.79 Å². The van der Waals surface area contributed by atoms with Gasteiger partial charge in [0, 0.05) is 37.7 Å². The van der Waals surface area contributed by atoms with Gasteiger partial charge in [-0.25, -0.2) is 14.6 Å². The van der Waals surface area contributed by atoms with E-state index in [0.29, 0.717) is 35.0 Å². The predicted molar refractivity (Wildman–Crippen MR) is 244 cm³/mol. The number of hydrogen-bond donors (Lipinski definition) is 1. The van der Waals surface area contributed by atoms with E-state index in [2.05, 4.69) is 20.8 Å². The number of ether oxygens (including phenoxy) is 6. The van der Waals surface area contributed by atoms with Crippen LogP contribution in [-0.2, 0) is 52.0 Å². The van der Waals surface area contributed by atoms with Crippen LogP contribution in [0.2, 0.25) is 18.1 Å². The maximum absolute atomic E-state index is 16.3. The fourth-order valence-electron chi connectivity index (χ4n) is 11.7. The number of benzene rings is 2. The summed E-state index contributed by atoms with van der Waals surface area (Å²) in [4.78, 5) is 77.3. The molecule has 67 heavy (non-hydrogen) atoms. The Morgan fingerprint density at radius 1 is 0.866 bits per heavy atom. The minimum absolute atomic E-state index is 0.109. The molecule has 2 saturated carbocycles. The van der Waals surface area contributed by atoms with Crippen molar-refractivity contribution in [3.8, 4) is 0 Å². The summed E-state index contributed by atoms with van der Waals surface area (Å²) in [7, 11) is -2.61. The molecule has 1 N–H and O–H groups in total. The maximum Gasteiger partial charge on any atom is 0.350 e. The van der Waals surface area contributed by atoms with E-state index in [0.717, 1.165) is 0 Å². The average molecular weight is 940 g/mol. The van der Waals surface area contributed by atoms with E-state index in [-0.39, 0.29) is 30.1 Å². The molecule has 1 saturated heterocycles. The van der Waals surface area contributed by atoms with Gasteiger partial charge in [-0.1, -0.05) is 71.0 Å². The number of furan rings is 1. The third-order valence-electron chi connectivity index (χ3n) is 15.6. The third-order valence-corrected chi connectivity index (χ3v) is 20.3. The van der Waals surface area contributed by atoms with Gasteiger partial charge in [0.2, 0.25) is 12.0 Å². The number of aliphatic hydroxyl groups is 1. The van der Waals surface area contributed by atoms with Crippen LogP contribution in [0.25, 0.3) is 0 Å². The van der Waals surface area contributed by atoms with Gasteiger partial charge in [0.25, 0.3) is 0 Å². The summed E-state index contributed by atoms with van der Waals surface area (Å²) in [5, 5.41) is 14.1. The van der Waals surface area contributed by atoms with Crippen molar-refractivity contribution < 1.29 is 66.3 Å². The van der Waals surface area contributed by atoms with Gasteiger partial charge in [-0.05, 0) is 79.5 Å². The number of nitrogens with zero attached hydrogens (tertiary/aromatic N) is 1. The lowest BCUT2D eigenvalue weighted by atomic mass is 9.44. The Morgan fingerprint density at radius 3 is 2.09 bits per heavy atom. The van der Waals surface area contributed by atoms with Crippen LogP contribution in [0, 0.1) is 16.7 Å². The molecule has 3 aliphatic carbocycles. The molecule has 8 rings (SSSR count). The van der Waals surface area contributed by atoms with E-state index < -0.39 is 115 Å².